The standard InChI is InChI=1S/C13H23N3O2S/c1-5-6-13(3,4)16-11-7-10(14)8-12(9(11)2)19(15,17)18/h7-8,16H,5-6,14H2,1-4H3,(H2,15,17,18). The Morgan fingerprint density at radius 1 is 1.32 bits per heavy atom. The smallest absolute Gasteiger partial charge is 0.238 e. The quantitative estimate of drug-likeness (QED) is 0.722. The van der Waals surface area contributed by atoms with Crippen LogP contribution in [0, 0.1) is 6.92 Å². The molecule has 1 rings (SSSR count). The molecule has 108 valence electrons. The predicted molar refractivity (Wildman–Crippen MR) is 79.6 cm³/mol. The van der Waals surface area contributed by atoms with Crippen molar-refractivity contribution in [1.29, 1.82) is 0 Å². The Balaban J connectivity index is 3.27. The second-order valence-electron chi connectivity index (χ2n) is 5.50. The summed E-state index contributed by atoms with van der Waals surface area (Å²) < 4.78 is 23.1. The summed E-state index contributed by atoms with van der Waals surface area (Å²) >= 11 is 0. The highest BCUT2D eigenvalue weighted by Crippen LogP contribution is 2.29. The molecule has 0 heterocycles. The summed E-state index contributed by atoms with van der Waals surface area (Å²) in [7, 11) is -3.77. The van der Waals surface area contributed by atoms with E-state index in [1.54, 1.807) is 13.0 Å². The molecule has 0 bridgehead atoms. The first-order valence-corrected chi connectivity index (χ1v) is 7.82. The van der Waals surface area contributed by atoms with E-state index in [2.05, 4.69) is 26.1 Å². The Bertz CT molecular complexity index is 565. The average Bonchev–Trinajstić information content (AvgIpc) is 2.20. The van der Waals surface area contributed by atoms with E-state index >= 15 is 0 Å². The first kappa shape index (κ1) is 15.8. The van der Waals surface area contributed by atoms with E-state index in [1.165, 1.54) is 6.07 Å². The van der Waals surface area contributed by atoms with Gasteiger partial charge < -0.3 is 11.1 Å². The molecule has 0 atom stereocenters. The summed E-state index contributed by atoms with van der Waals surface area (Å²) in [5.41, 5.74) is 7.31. The van der Waals surface area contributed by atoms with Crippen molar-refractivity contribution in [3.05, 3.63) is 17.7 Å². The van der Waals surface area contributed by atoms with Gasteiger partial charge in [0.1, 0.15) is 0 Å². The Hall–Kier alpha value is -1.27. The van der Waals surface area contributed by atoms with Gasteiger partial charge in [0.25, 0.3) is 0 Å². The van der Waals surface area contributed by atoms with E-state index < -0.39 is 10.0 Å². The molecule has 0 aliphatic carbocycles. The van der Waals surface area contributed by atoms with Crippen LogP contribution in [0.2, 0.25) is 0 Å². The molecule has 0 unspecified atom stereocenters. The van der Waals surface area contributed by atoms with Gasteiger partial charge in [-0.3, -0.25) is 0 Å². The summed E-state index contributed by atoms with van der Waals surface area (Å²) in [5, 5.41) is 8.55. The number of anilines is 2. The Morgan fingerprint density at radius 3 is 2.37 bits per heavy atom. The minimum atomic E-state index is -3.77. The number of rotatable bonds is 5. The van der Waals surface area contributed by atoms with Gasteiger partial charge in [-0.25, -0.2) is 13.6 Å². The molecule has 19 heavy (non-hydrogen) atoms. The van der Waals surface area contributed by atoms with Crippen LogP contribution in [0.5, 0.6) is 0 Å². The van der Waals surface area contributed by atoms with Gasteiger partial charge in [0.2, 0.25) is 10.0 Å². The van der Waals surface area contributed by atoms with E-state index in [4.69, 9.17) is 10.9 Å². The van der Waals surface area contributed by atoms with Crippen molar-refractivity contribution < 1.29 is 8.42 Å². The molecular weight excluding hydrogens is 262 g/mol. The van der Waals surface area contributed by atoms with Crippen LogP contribution in [0.3, 0.4) is 0 Å². The van der Waals surface area contributed by atoms with Crippen molar-refractivity contribution in [3.63, 3.8) is 0 Å². The third-order valence-corrected chi connectivity index (χ3v) is 4.07. The summed E-state index contributed by atoms with van der Waals surface area (Å²) in [6.45, 7) is 7.96. The van der Waals surface area contributed by atoms with Gasteiger partial charge >= 0.3 is 0 Å². The van der Waals surface area contributed by atoms with E-state index in [0.29, 0.717) is 16.9 Å². The number of nitrogen functional groups attached to an aromatic ring is 1. The molecule has 0 fully saturated rings. The molecule has 5 N–H and O–H groups in total. The van der Waals surface area contributed by atoms with Gasteiger partial charge in [-0.2, -0.15) is 0 Å². The zero-order chi connectivity index (χ0) is 14.8. The summed E-state index contributed by atoms with van der Waals surface area (Å²) in [5.74, 6) is 0. The minimum absolute atomic E-state index is 0.0716. The molecule has 0 saturated heterocycles. The largest absolute Gasteiger partial charge is 0.399 e. The van der Waals surface area contributed by atoms with Gasteiger partial charge in [-0.1, -0.05) is 13.3 Å². The fourth-order valence-corrected chi connectivity index (χ4v) is 3.02. The highest BCUT2D eigenvalue weighted by molar-refractivity contribution is 7.89. The maximum absolute atomic E-state index is 11.5. The molecular formula is C13H23N3O2S. The van der Waals surface area contributed by atoms with Crippen LogP contribution in [0.15, 0.2) is 17.0 Å². The van der Waals surface area contributed by atoms with Crippen molar-refractivity contribution in [2.45, 2.75) is 51.0 Å². The van der Waals surface area contributed by atoms with Crippen molar-refractivity contribution in [3.8, 4) is 0 Å². The van der Waals surface area contributed by atoms with Crippen molar-refractivity contribution in [2.75, 3.05) is 11.1 Å². The van der Waals surface area contributed by atoms with Gasteiger partial charge in [0.15, 0.2) is 0 Å². The molecule has 1 aromatic rings. The van der Waals surface area contributed by atoms with E-state index in [9.17, 15) is 8.42 Å². The normalized spacial score (nSPS) is 12.5. The second kappa shape index (κ2) is 5.38. The number of hydrogen-bond donors (Lipinski definition) is 3. The molecule has 5 nitrogen and oxygen atoms in total. The van der Waals surface area contributed by atoms with Crippen LogP contribution >= 0.6 is 0 Å². The van der Waals surface area contributed by atoms with Crippen LogP contribution in [0.1, 0.15) is 39.2 Å². The Labute approximate surface area is 115 Å². The monoisotopic (exact) mass is 285 g/mol. The van der Waals surface area contributed by atoms with Crippen molar-refractivity contribution in [2.24, 2.45) is 5.14 Å². The molecule has 0 radical (unpaired) electrons. The molecule has 0 spiro atoms. The molecule has 0 aromatic heterocycles. The third-order valence-electron chi connectivity index (χ3n) is 3.04. The first-order chi connectivity index (χ1) is 8.57. The first-order valence-electron chi connectivity index (χ1n) is 6.28. The van der Waals surface area contributed by atoms with Crippen LogP contribution in [-0.2, 0) is 10.0 Å². The van der Waals surface area contributed by atoms with Crippen molar-refractivity contribution >= 4 is 21.4 Å². The third kappa shape index (κ3) is 4.11. The summed E-state index contributed by atoms with van der Waals surface area (Å²) in [6, 6.07) is 3.13. The second-order valence-corrected chi connectivity index (χ2v) is 7.03. The SMILES string of the molecule is CCCC(C)(C)Nc1cc(N)cc(S(N)(=O)=O)c1C. The van der Waals surface area contributed by atoms with E-state index in [1.807, 2.05) is 0 Å². The summed E-state index contributed by atoms with van der Waals surface area (Å²) in [4.78, 5) is 0.0716. The van der Waals surface area contributed by atoms with E-state index in [-0.39, 0.29) is 10.4 Å². The van der Waals surface area contributed by atoms with Crippen LogP contribution in [0.25, 0.3) is 0 Å². The highest BCUT2D eigenvalue weighted by atomic mass is 32.2. The lowest BCUT2D eigenvalue weighted by Gasteiger charge is -2.28. The van der Waals surface area contributed by atoms with Crippen molar-refractivity contribution in [1.82, 2.24) is 0 Å². The van der Waals surface area contributed by atoms with Gasteiger partial charge in [0.05, 0.1) is 4.90 Å². The molecule has 0 aliphatic heterocycles. The molecule has 6 heteroatoms. The van der Waals surface area contributed by atoms with Gasteiger partial charge in [-0.15, -0.1) is 0 Å². The average molecular weight is 285 g/mol. The number of nitrogens with two attached hydrogens (primary N) is 2. The maximum Gasteiger partial charge on any atom is 0.238 e. The Morgan fingerprint density at radius 2 is 1.89 bits per heavy atom. The summed E-state index contributed by atoms with van der Waals surface area (Å²) in [6.07, 6.45) is 2.00. The Kier molecular flexibility index (Phi) is 4.47. The van der Waals surface area contributed by atoms with Crippen LogP contribution in [-0.4, -0.2) is 14.0 Å². The lowest BCUT2D eigenvalue weighted by molar-refractivity contribution is 0.510. The van der Waals surface area contributed by atoms with Gasteiger partial charge in [0, 0.05) is 16.9 Å². The molecule has 0 saturated carbocycles. The number of benzene rings is 1. The zero-order valence-corrected chi connectivity index (χ0v) is 12.8. The zero-order valence-electron chi connectivity index (χ0n) is 11.9. The van der Waals surface area contributed by atoms with E-state index in [0.717, 1.165) is 12.8 Å². The molecule has 1 aromatic carbocycles. The molecule has 0 amide bonds. The fraction of sp³-hybridized carbons (Fsp3) is 0.538. The lowest BCUT2D eigenvalue weighted by atomic mass is 9.98. The number of nitrogens with one attached hydrogen (secondary N) is 1. The lowest BCUT2D eigenvalue weighted by Crippen LogP contribution is -2.31. The topological polar surface area (TPSA) is 98.2 Å². The number of hydrogen-bond acceptors (Lipinski definition) is 4. The number of primary sulfonamides is 1. The van der Waals surface area contributed by atoms with Crippen LogP contribution in [0.4, 0.5) is 11.4 Å². The number of sulfonamides is 1. The van der Waals surface area contributed by atoms with Crippen LogP contribution < -0.4 is 16.2 Å². The molecule has 0 aliphatic rings. The highest BCUT2D eigenvalue weighted by Gasteiger charge is 2.20. The fourth-order valence-electron chi connectivity index (χ4n) is 2.19. The minimum Gasteiger partial charge on any atom is -0.399 e. The predicted octanol–water partition coefficient (Wildman–Crippen LogP) is 2.22. The maximum atomic E-state index is 11.5. The van der Waals surface area contributed by atoms with Gasteiger partial charge in [-0.05, 0) is 44.9 Å².